The molecule has 0 aromatic carbocycles. The largest absolute Gasteiger partial charge is 0.366 e. The van der Waals surface area contributed by atoms with Crippen LogP contribution in [0.1, 0.15) is 63.0 Å². The maximum Gasteiger partial charge on any atom is 0.240 e. The Morgan fingerprint density at radius 1 is 1.00 bits per heavy atom. The molecule has 2 N–H and O–H groups in total. The van der Waals surface area contributed by atoms with Crippen molar-refractivity contribution in [1.29, 1.82) is 0 Å². The number of rotatable bonds is 1. The normalized spacial score (nSPS) is 19.8. The number of hydrogen-bond acceptors (Lipinski definition) is 4. The first kappa shape index (κ1) is 11.3. The van der Waals surface area contributed by atoms with Crippen LogP contribution in [0.4, 0.5) is 5.95 Å². The summed E-state index contributed by atoms with van der Waals surface area (Å²) in [6.07, 6.45) is 12.3. The first-order valence-electron chi connectivity index (χ1n) is 6.31. The maximum absolute atomic E-state index is 5.58. The van der Waals surface area contributed by atoms with E-state index in [1.165, 1.54) is 51.4 Å². The first-order valence-corrected chi connectivity index (χ1v) is 6.31. The Hall–Kier alpha value is -1.19. The lowest BCUT2D eigenvalue weighted by atomic mass is 9.94. The molecule has 1 aromatic rings. The zero-order chi connectivity index (χ0) is 11.2. The average Bonchev–Trinajstić information content (AvgIpc) is 2.42. The van der Waals surface area contributed by atoms with E-state index in [9.17, 15) is 0 Å². The van der Waals surface area contributed by atoms with Crippen molar-refractivity contribution in [3.63, 3.8) is 0 Å². The molecule has 1 fully saturated rings. The fourth-order valence-electron chi connectivity index (χ4n) is 2.46. The summed E-state index contributed by atoms with van der Waals surface area (Å²) < 4.78 is 0. The number of anilines is 1. The van der Waals surface area contributed by atoms with Crippen molar-refractivity contribution in [3.8, 4) is 0 Å². The molecule has 0 spiro atoms. The van der Waals surface area contributed by atoms with Crippen molar-refractivity contribution in [1.82, 2.24) is 15.2 Å². The molecule has 0 saturated heterocycles. The van der Waals surface area contributed by atoms with E-state index in [2.05, 4.69) is 15.2 Å². The van der Waals surface area contributed by atoms with Gasteiger partial charge in [-0.1, -0.05) is 38.5 Å². The highest BCUT2D eigenvalue weighted by Gasteiger charge is 2.15. The van der Waals surface area contributed by atoms with Crippen LogP contribution in [0, 0.1) is 0 Å². The lowest BCUT2D eigenvalue weighted by Crippen LogP contribution is -2.06. The van der Waals surface area contributed by atoms with Gasteiger partial charge in [-0.05, 0) is 12.8 Å². The predicted molar refractivity (Wildman–Crippen MR) is 63.9 cm³/mol. The Bertz CT molecular complexity index is 317. The lowest BCUT2D eigenvalue weighted by Gasteiger charge is -2.14. The molecule has 0 aliphatic heterocycles. The lowest BCUT2D eigenvalue weighted by molar-refractivity contribution is 0.525. The van der Waals surface area contributed by atoms with Gasteiger partial charge >= 0.3 is 0 Å². The topological polar surface area (TPSA) is 64.7 Å². The summed E-state index contributed by atoms with van der Waals surface area (Å²) in [6.45, 7) is 0. The minimum absolute atomic E-state index is 0.303. The SMILES string of the molecule is Nc1nncc(C2CCCCCCCC2)n1. The summed E-state index contributed by atoms with van der Waals surface area (Å²) in [5.41, 5.74) is 6.62. The van der Waals surface area contributed by atoms with Gasteiger partial charge < -0.3 is 5.73 Å². The van der Waals surface area contributed by atoms with Gasteiger partial charge in [-0.2, -0.15) is 5.10 Å². The molecule has 1 aromatic heterocycles. The van der Waals surface area contributed by atoms with Crippen LogP contribution in [0.3, 0.4) is 0 Å². The van der Waals surface area contributed by atoms with E-state index >= 15 is 0 Å². The highest BCUT2D eigenvalue weighted by molar-refractivity contribution is 5.16. The summed E-state index contributed by atoms with van der Waals surface area (Å²) in [4.78, 5) is 4.30. The van der Waals surface area contributed by atoms with Crippen LogP contribution in [0.5, 0.6) is 0 Å². The van der Waals surface area contributed by atoms with Gasteiger partial charge in [-0.3, -0.25) is 0 Å². The van der Waals surface area contributed by atoms with E-state index in [1.54, 1.807) is 6.20 Å². The van der Waals surface area contributed by atoms with Crippen LogP contribution in [0.15, 0.2) is 6.20 Å². The molecular formula is C12H20N4. The highest BCUT2D eigenvalue weighted by Crippen LogP contribution is 2.28. The van der Waals surface area contributed by atoms with Crippen molar-refractivity contribution < 1.29 is 0 Å². The van der Waals surface area contributed by atoms with Gasteiger partial charge in [0.25, 0.3) is 0 Å². The molecule has 88 valence electrons. The zero-order valence-corrected chi connectivity index (χ0v) is 9.73. The van der Waals surface area contributed by atoms with Crippen molar-refractivity contribution >= 4 is 5.95 Å². The molecule has 0 bridgehead atoms. The molecule has 0 unspecified atom stereocenters. The first-order chi connectivity index (χ1) is 7.86. The molecule has 0 atom stereocenters. The number of nitrogens with zero attached hydrogens (tertiary/aromatic N) is 3. The number of aromatic nitrogens is 3. The minimum Gasteiger partial charge on any atom is -0.366 e. The van der Waals surface area contributed by atoms with Crippen molar-refractivity contribution in [3.05, 3.63) is 11.9 Å². The quantitative estimate of drug-likeness (QED) is 0.790. The van der Waals surface area contributed by atoms with Crippen LogP contribution < -0.4 is 5.73 Å². The Morgan fingerprint density at radius 3 is 2.25 bits per heavy atom. The van der Waals surface area contributed by atoms with Gasteiger partial charge in [0.15, 0.2) is 0 Å². The van der Waals surface area contributed by atoms with Crippen LogP contribution in [-0.4, -0.2) is 15.2 Å². The van der Waals surface area contributed by atoms with Gasteiger partial charge in [0, 0.05) is 5.92 Å². The molecule has 4 nitrogen and oxygen atoms in total. The predicted octanol–water partition coefficient (Wildman–Crippen LogP) is 2.67. The Kier molecular flexibility index (Phi) is 4.08. The fourth-order valence-corrected chi connectivity index (χ4v) is 2.46. The molecule has 0 radical (unpaired) electrons. The van der Waals surface area contributed by atoms with E-state index in [-0.39, 0.29) is 0 Å². The van der Waals surface area contributed by atoms with Crippen molar-refractivity contribution in [2.24, 2.45) is 0 Å². The third-order valence-corrected chi connectivity index (χ3v) is 3.37. The summed E-state index contributed by atoms with van der Waals surface area (Å²) >= 11 is 0. The van der Waals surface area contributed by atoms with Gasteiger partial charge in [0.1, 0.15) is 0 Å². The Morgan fingerprint density at radius 2 is 1.62 bits per heavy atom. The molecule has 4 heteroatoms. The van der Waals surface area contributed by atoms with Gasteiger partial charge in [0.2, 0.25) is 5.95 Å². The monoisotopic (exact) mass is 220 g/mol. The highest BCUT2D eigenvalue weighted by atomic mass is 15.2. The summed E-state index contributed by atoms with van der Waals surface area (Å²) in [7, 11) is 0. The molecule has 1 saturated carbocycles. The standard InChI is InChI=1S/C12H20N4/c13-12-15-11(9-14-16-12)10-7-5-3-1-2-4-6-8-10/h9-10H,1-8H2,(H2,13,15,16). The van der Waals surface area contributed by atoms with E-state index in [4.69, 9.17) is 5.73 Å². The maximum atomic E-state index is 5.58. The number of hydrogen-bond donors (Lipinski definition) is 1. The summed E-state index contributed by atoms with van der Waals surface area (Å²) in [5, 5.41) is 7.61. The van der Waals surface area contributed by atoms with E-state index in [0.29, 0.717) is 11.9 Å². The molecule has 1 aliphatic carbocycles. The van der Waals surface area contributed by atoms with E-state index in [0.717, 1.165) is 5.69 Å². The second-order valence-corrected chi connectivity index (χ2v) is 4.64. The van der Waals surface area contributed by atoms with Gasteiger partial charge in [0.05, 0.1) is 11.9 Å². The molecule has 1 heterocycles. The Balaban J connectivity index is 2.04. The molecule has 0 amide bonds. The van der Waals surface area contributed by atoms with Gasteiger partial charge in [-0.25, -0.2) is 4.98 Å². The van der Waals surface area contributed by atoms with Crippen molar-refractivity contribution in [2.45, 2.75) is 57.3 Å². The molecule has 2 rings (SSSR count). The average molecular weight is 220 g/mol. The Labute approximate surface area is 96.7 Å². The van der Waals surface area contributed by atoms with E-state index < -0.39 is 0 Å². The minimum atomic E-state index is 0.303. The third-order valence-electron chi connectivity index (χ3n) is 3.37. The summed E-state index contributed by atoms with van der Waals surface area (Å²) in [6, 6.07) is 0. The number of nitrogen functional groups attached to an aromatic ring is 1. The van der Waals surface area contributed by atoms with Crippen molar-refractivity contribution in [2.75, 3.05) is 5.73 Å². The smallest absolute Gasteiger partial charge is 0.240 e. The van der Waals surface area contributed by atoms with Crippen LogP contribution in [-0.2, 0) is 0 Å². The third kappa shape index (κ3) is 3.15. The second-order valence-electron chi connectivity index (χ2n) is 4.64. The molecule has 1 aliphatic rings. The van der Waals surface area contributed by atoms with E-state index in [1.807, 2.05) is 0 Å². The second kappa shape index (κ2) is 5.77. The number of nitrogens with two attached hydrogens (primary N) is 1. The summed E-state index contributed by atoms with van der Waals surface area (Å²) in [5.74, 6) is 0.841. The van der Waals surface area contributed by atoms with Gasteiger partial charge in [-0.15, -0.1) is 5.10 Å². The molecule has 16 heavy (non-hydrogen) atoms. The van der Waals surface area contributed by atoms with Crippen LogP contribution in [0.2, 0.25) is 0 Å². The zero-order valence-electron chi connectivity index (χ0n) is 9.73. The fraction of sp³-hybridized carbons (Fsp3) is 0.750. The van der Waals surface area contributed by atoms with Crippen LogP contribution >= 0.6 is 0 Å². The molecular weight excluding hydrogens is 200 g/mol. The van der Waals surface area contributed by atoms with Crippen LogP contribution in [0.25, 0.3) is 0 Å².